The molecule has 0 saturated carbocycles. The zero-order chi connectivity index (χ0) is 20.8. The minimum Gasteiger partial charge on any atom is -0.324 e. The Kier molecular flexibility index (Phi) is 4.02. The predicted octanol–water partition coefficient (Wildman–Crippen LogP) is 4.07. The van der Waals surface area contributed by atoms with Gasteiger partial charge in [-0.1, -0.05) is 18.2 Å². The van der Waals surface area contributed by atoms with Crippen LogP contribution in [0, 0.1) is 0 Å². The van der Waals surface area contributed by atoms with Crippen LogP contribution in [0.15, 0.2) is 67.1 Å². The molecule has 3 aromatic heterocycles. The average Bonchev–Trinajstić information content (AvgIpc) is 3.51. The molecule has 1 N–H and O–H groups in total. The summed E-state index contributed by atoms with van der Waals surface area (Å²) in [5.74, 6) is 0. The smallest absolute Gasteiger partial charge is 0.321 e. The van der Waals surface area contributed by atoms with Gasteiger partial charge in [-0.25, -0.2) is 4.79 Å². The molecule has 154 valence electrons. The average molecular weight is 410 g/mol. The fraction of sp³-hybridized carbons (Fsp3) is 0.250. The maximum Gasteiger partial charge on any atom is 0.321 e. The molecule has 0 aliphatic carbocycles. The van der Waals surface area contributed by atoms with Gasteiger partial charge < -0.3 is 10.2 Å². The van der Waals surface area contributed by atoms with Crippen LogP contribution in [0.4, 0.5) is 10.5 Å². The zero-order valence-electron chi connectivity index (χ0n) is 17.0. The number of benzene rings is 1. The molecule has 0 radical (unpaired) electrons. The molecular weight excluding hydrogens is 388 g/mol. The summed E-state index contributed by atoms with van der Waals surface area (Å²) < 4.78 is 2.12. The molecule has 6 rings (SSSR count). The second-order valence-corrected chi connectivity index (χ2v) is 8.43. The van der Waals surface area contributed by atoms with E-state index in [1.807, 2.05) is 41.4 Å². The van der Waals surface area contributed by atoms with Crippen LogP contribution in [-0.4, -0.2) is 43.8 Å². The summed E-state index contributed by atoms with van der Waals surface area (Å²) in [5.41, 5.74) is 4.89. The number of aryl methyl sites for hydroxylation is 1. The van der Waals surface area contributed by atoms with Crippen molar-refractivity contribution in [2.75, 3.05) is 18.4 Å². The molecule has 7 nitrogen and oxygen atoms in total. The van der Waals surface area contributed by atoms with Gasteiger partial charge in [0, 0.05) is 54.1 Å². The molecule has 2 aliphatic heterocycles. The van der Waals surface area contributed by atoms with Gasteiger partial charge in [0.1, 0.15) is 0 Å². The molecule has 31 heavy (non-hydrogen) atoms. The molecule has 5 heterocycles. The van der Waals surface area contributed by atoms with E-state index in [0.717, 1.165) is 53.8 Å². The number of carbonyl (C=O) groups excluding carboxylic acids is 1. The van der Waals surface area contributed by atoms with E-state index in [1.165, 1.54) is 5.69 Å². The van der Waals surface area contributed by atoms with Crippen molar-refractivity contribution in [1.82, 2.24) is 24.6 Å². The van der Waals surface area contributed by atoms with Crippen LogP contribution in [0.1, 0.15) is 18.5 Å². The van der Waals surface area contributed by atoms with Gasteiger partial charge in [-0.15, -0.1) is 0 Å². The first-order valence-corrected chi connectivity index (χ1v) is 10.6. The van der Waals surface area contributed by atoms with E-state index in [-0.39, 0.29) is 11.4 Å². The highest BCUT2D eigenvalue weighted by atomic mass is 16.2. The second kappa shape index (κ2) is 6.91. The molecule has 1 unspecified atom stereocenters. The van der Waals surface area contributed by atoms with E-state index in [0.29, 0.717) is 6.54 Å². The van der Waals surface area contributed by atoms with Crippen molar-refractivity contribution in [1.29, 1.82) is 0 Å². The number of hydrogen-bond donors (Lipinski definition) is 1. The van der Waals surface area contributed by atoms with Crippen LogP contribution in [0.5, 0.6) is 0 Å². The van der Waals surface area contributed by atoms with Gasteiger partial charge in [0.05, 0.1) is 23.1 Å². The van der Waals surface area contributed by atoms with Gasteiger partial charge in [-0.05, 0) is 43.2 Å². The Hall–Kier alpha value is -3.74. The number of fused-ring (bicyclic) bond motifs is 3. The van der Waals surface area contributed by atoms with E-state index >= 15 is 0 Å². The largest absolute Gasteiger partial charge is 0.324 e. The lowest BCUT2D eigenvalue weighted by atomic mass is 9.82. The van der Waals surface area contributed by atoms with Crippen molar-refractivity contribution in [3.63, 3.8) is 0 Å². The fourth-order valence-corrected chi connectivity index (χ4v) is 4.91. The van der Waals surface area contributed by atoms with Gasteiger partial charge in [0.25, 0.3) is 0 Å². The van der Waals surface area contributed by atoms with Crippen molar-refractivity contribution >= 4 is 22.6 Å². The topological polar surface area (TPSA) is 75.9 Å². The van der Waals surface area contributed by atoms with Crippen LogP contribution in [0.2, 0.25) is 0 Å². The molecule has 1 fully saturated rings. The third-order valence-electron chi connectivity index (χ3n) is 6.57. The van der Waals surface area contributed by atoms with E-state index in [2.05, 4.69) is 38.2 Å². The van der Waals surface area contributed by atoms with Crippen molar-refractivity contribution in [3.05, 3.63) is 72.8 Å². The number of anilines is 1. The number of nitrogens with one attached hydrogen (secondary N) is 1. The maximum absolute atomic E-state index is 12.8. The molecular formula is C24H22N6O. The molecule has 1 saturated heterocycles. The van der Waals surface area contributed by atoms with E-state index in [9.17, 15) is 4.79 Å². The summed E-state index contributed by atoms with van der Waals surface area (Å²) in [6.07, 6.45) is 7.23. The lowest BCUT2D eigenvalue weighted by Crippen LogP contribution is -2.36. The summed E-state index contributed by atoms with van der Waals surface area (Å²) >= 11 is 0. The van der Waals surface area contributed by atoms with Gasteiger partial charge in [-0.3, -0.25) is 14.6 Å². The summed E-state index contributed by atoms with van der Waals surface area (Å²) in [6.45, 7) is 2.33. The van der Waals surface area contributed by atoms with Crippen LogP contribution < -0.4 is 5.32 Å². The number of amides is 2. The van der Waals surface area contributed by atoms with Crippen molar-refractivity contribution < 1.29 is 4.79 Å². The Morgan fingerprint density at radius 1 is 1.03 bits per heavy atom. The van der Waals surface area contributed by atoms with Crippen LogP contribution in [0.25, 0.3) is 22.2 Å². The predicted molar refractivity (Wildman–Crippen MR) is 119 cm³/mol. The van der Waals surface area contributed by atoms with E-state index < -0.39 is 0 Å². The normalized spacial score (nSPS) is 19.8. The number of para-hydroxylation sites is 1. The lowest BCUT2D eigenvalue weighted by molar-refractivity contribution is 0.219. The number of urea groups is 1. The minimum absolute atomic E-state index is 0.0260. The Bertz CT molecular complexity index is 1280. The molecule has 7 heteroatoms. The molecule has 0 bridgehead atoms. The zero-order valence-corrected chi connectivity index (χ0v) is 17.0. The van der Waals surface area contributed by atoms with Gasteiger partial charge in [-0.2, -0.15) is 5.10 Å². The first kappa shape index (κ1) is 18.1. The first-order chi connectivity index (χ1) is 15.2. The Labute approximate surface area is 179 Å². The van der Waals surface area contributed by atoms with Gasteiger partial charge in [0.15, 0.2) is 0 Å². The minimum atomic E-state index is -0.0678. The van der Waals surface area contributed by atoms with Crippen LogP contribution >= 0.6 is 0 Å². The number of nitrogens with zero attached hydrogens (tertiary/aromatic N) is 5. The van der Waals surface area contributed by atoms with E-state index in [4.69, 9.17) is 5.10 Å². The summed E-state index contributed by atoms with van der Waals surface area (Å²) in [4.78, 5) is 23.3. The molecule has 1 atom stereocenters. The summed E-state index contributed by atoms with van der Waals surface area (Å²) in [7, 11) is 0. The highest BCUT2D eigenvalue weighted by Crippen LogP contribution is 2.44. The van der Waals surface area contributed by atoms with Crippen LogP contribution in [0.3, 0.4) is 0 Å². The third kappa shape index (κ3) is 3.04. The Morgan fingerprint density at radius 2 is 1.94 bits per heavy atom. The Balaban J connectivity index is 1.25. The van der Waals surface area contributed by atoms with Crippen molar-refractivity contribution in [3.8, 4) is 11.3 Å². The monoisotopic (exact) mass is 410 g/mol. The number of hydrogen-bond acceptors (Lipinski definition) is 4. The molecule has 2 aliphatic rings. The maximum atomic E-state index is 12.8. The summed E-state index contributed by atoms with van der Waals surface area (Å²) in [5, 5.41) is 8.94. The number of rotatable bonds is 2. The number of carbonyl (C=O) groups is 1. The molecule has 1 spiro atoms. The first-order valence-electron chi connectivity index (χ1n) is 10.6. The van der Waals surface area contributed by atoms with Gasteiger partial charge in [0.2, 0.25) is 0 Å². The Morgan fingerprint density at radius 3 is 2.84 bits per heavy atom. The van der Waals surface area contributed by atoms with Crippen LogP contribution in [-0.2, 0) is 12.0 Å². The molecule has 1 aromatic carbocycles. The van der Waals surface area contributed by atoms with Gasteiger partial charge >= 0.3 is 6.03 Å². The molecule has 4 aromatic rings. The number of aromatic nitrogens is 4. The standard InChI is InChI=1S/C24H22N6O/c31-23(27-19-5-3-9-25-15-19)29-10-7-24(16-29)8-11-30-22(24)13-21(28-30)18-12-17-4-1-2-6-20(17)26-14-18/h1-6,9,12-15H,7-8,10-11,16H2,(H,27,31). The number of pyridine rings is 2. The SMILES string of the molecule is O=C(Nc1cccnc1)N1CCC2(CCn3nc(-c4cnc5ccccc5c4)cc32)C1. The van der Waals surface area contributed by atoms with Crippen molar-refractivity contribution in [2.24, 2.45) is 0 Å². The quantitative estimate of drug-likeness (QED) is 0.540. The highest BCUT2D eigenvalue weighted by molar-refractivity contribution is 5.89. The second-order valence-electron chi connectivity index (χ2n) is 8.43. The third-order valence-corrected chi connectivity index (χ3v) is 6.57. The number of likely N-dealkylation sites (tertiary alicyclic amines) is 1. The van der Waals surface area contributed by atoms with Crippen molar-refractivity contribution in [2.45, 2.75) is 24.8 Å². The molecule has 2 amide bonds. The fourth-order valence-electron chi connectivity index (χ4n) is 4.91. The van der Waals surface area contributed by atoms with E-state index in [1.54, 1.807) is 12.4 Å². The lowest BCUT2D eigenvalue weighted by Gasteiger charge is -2.23. The summed E-state index contributed by atoms with van der Waals surface area (Å²) in [6, 6.07) is 16.1. The highest BCUT2D eigenvalue weighted by Gasteiger charge is 2.46.